The molecule has 30 heavy (non-hydrogen) atoms. The fourth-order valence-electron chi connectivity index (χ4n) is 3.74. The molecule has 1 aliphatic heterocycles. The summed E-state index contributed by atoms with van der Waals surface area (Å²) in [4.78, 5) is 31.5. The molecular weight excluding hydrogens is 402 g/mol. The Hall–Kier alpha value is -3.33. The van der Waals surface area contributed by atoms with Crippen LogP contribution in [0.5, 0.6) is 0 Å². The molecule has 0 saturated carbocycles. The number of para-hydroxylation sites is 1. The van der Waals surface area contributed by atoms with Crippen molar-refractivity contribution < 1.29 is 9.21 Å². The van der Waals surface area contributed by atoms with Gasteiger partial charge < -0.3 is 9.32 Å². The maximum Gasteiger partial charge on any atom is 0.261 e. The number of hydrogen-bond donors (Lipinski definition) is 0. The van der Waals surface area contributed by atoms with Crippen molar-refractivity contribution in [2.45, 2.75) is 25.3 Å². The lowest BCUT2D eigenvalue weighted by molar-refractivity contribution is -0.132. The Labute approximate surface area is 175 Å². The van der Waals surface area contributed by atoms with Crippen LogP contribution in [0.2, 0.25) is 0 Å². The van der Waals surface area contributed by atoms with E-state index in [1.807, 2.05) is 23.1 Å². The van der Waals surface area contributed by atoms with Gasteiger partial charge in [0.1, 0.15) is 11.6 Å². The molecule has 0 aliphatic carbocycles. The minimum Gasteiger partial charge on any atom is -0.462 e. The molecule has 0 spiro atoms. The molecule has 4 aromatic rings. The normalized spacial score (nSPS) is 15.0. The van der Waals surface area contributed by atoms with Crippen molar-refractivity contribution >= 4 is 28.1 Å². The molecule has 0 radical (unpaired) electrons. The van der Waals surface area contributed by atoms with Gasteiger partial charge in [-0.1, -0.05) is 23.5 Å². The van der Waals surface area contributed by atoms with Crippen molar-refractivity contribution in [2.24, 2.45) is 0 Å². The fraction of sp³-hybridized carbons (Fsp3) is 0.286. The molecule has 9 heteroatoms. The third kappa shape index (κ3) is 3.52. The van der Waals surface area contributed by atoms with Crippen LogP contribution in [0.4, 0.5) is 0 Å². The average Bonchev–Trinajstić information content (AvgIpc) is 3.48. The van der Waals surface area contributed by atoms with E-state index >= 15 is 0 Å². The van der Waals surface area contributed by atoms with Gasteiger partial charge in [0.25, 0.3) is 5.56 Å². The summed E-state index contributed by atoms with van der Waals surface area (Å²) in [7, 11) is 0. The van der Waals surface area contributed by atoms with Crippen molar-refractivity contribution in [1.82, 2.24) is 24.6 Å². The van der Waals surface area contributed by atoms with Gasteiger partial charge in [-0.05, 0) is 37.1 Å². The second-order valence-electron chi connectivity index (χ2n) is 7.27. The van der Waals surface area contributed by atoms with Gasteiger partial charge in [0, 0.05) is 19.0 Å². The van der Waals surface area contributed by atoms with E-state index in [0.717, 1.165) is 28.6 Å². The maximum absolute atomic E-state index is 12.8. The number of likely N-dealkylation sites (tertiary alicyclic amines) is 1. The number of aromatic nitrogens is 4. The zero-order chi connectivity index (χ0) is 20.5. The standard InChI is InChI=1S/C21H19N5O3S/c27-18(12-26-13-22-16-5-2-1-4-15(16)21(26)28)25-9-7-14(8-10-25)19-23-24-20(30-19)17-6-3-11-29-17/h1-6,11,13-14H,7-10,12H2. The highest BCUT2D eigenvalue weighted by molar-refractivity contribution is 7.14. The zero-order valence-corrected chi connectivity index (χ0v) is 16.9. The second-order valence-corrected chi connectivity index (χ2v) is 8.28. The summed E-state index contributed by atoms with van der Waals surface area (Å²) >= 11 is 1.54. The first-order chi connectivity index (χ1) is 14.7. The quantitative estimate of drug-likeness (QED) is 0.503. The molecule has 8 nitrogen and oxygen atoms in total. The van der Waals surface area contributed by atoms with Gasteiger partial charge in [-0.2, -0.15) is 0 Å². The van der Waals surface area contributed by atoms with E-state index in [4.69, 9.17) is 4.42 Å². The van der Waals surface area contributed by atoms with E-state index in [9.17, 15) is 9.59 Å². The molecule has 3 aromatic heterocycles. The van der Waals surface area contributed by atoms with Crippen LogP contribution in [0.25, 0.3) is 21.7 Å². The van der Waals surface area contributed by atoms with Crippen molar-refractivity contribution in [3.8, 4) is 10.8 Å². The van der Waals surface area contributed by atoms with Crippen molar-refractivity contribution in [3.05, 3.63) is 64.4 Å². The topological polar surface area (TPSA) is 94.1 Å². The van der Waals surface area contributed by atoms with E-state index in [1.54, 1.807) is 24.5 Å². The molecule has 1 aromatic carbocycles. The lowest BCUT2D eigenvalue weighted by atomic mass is 9.97. The number of amides is 1. The third-order valence-electron chi connectivity index (χ3n) is 5.41. The second kappa shape index (κ2) is 7.83. The van der Waals surface area contributed by atoms with Crippen LogP contribution < -0.4 is 5.56 Å². The Morgan fingerprint density at radius 2 is 1.97 bits per heavy atom. The number of piperidine rings is 1. The van der Waals surface area contributed by atoms with Gasteiger partial charge >= 0.3 is 0 Å². The van der Waals surface area contributed by atoms with Gasteiger partial charge in [0.15, 0.2) is 10.8 Å². The van der Waals surface area contributed by atoms with Crippen LogP contribution in [-0.2, 0) is 11.3 Å². The Kier molecular flexibility index (Phi) is 4.88. The highest BCUT2D eigenvalue weighted by atomic mass is 32.1. The Balaban J connectivity index is 1.23. The summed E-state index contributed by atoms with van der Waals surface area (Å²) < 4.78 is 6.77. The molecular formula is C21H19N5O3S. The van der Waals surface area contributed by atoms with Crippen LogP contribution in [-0.4, -0.2) is 43.6 Å². The van der Waals surface area contributed by atoms with E-state index < -0.39 is 0 Å². The maximum atomic E-state index is 12.8. The lowest BCUT2D eigenvalue weighted by Gasteiger charge is -2.31. The summed E-state index contributed by atoms with van der Waals surface area (Å²) in [5.74, 6) is 0.933. The largest absolute Gasteiger partial charge is 0.462 e. The SMILES string of the molecule is O=C(Cn1cnc2ccccc2c1=O)N1CCC(c2nnc(-c3ccco3)s2)CC1. The molecule has 5 rings (SSSR count). The van der Waals surface area contributed by atoms with E-state index in [1.165, 1.54) is 22.2 Å². The number of carbonyl (C=O) groups is 1. The summed E-state index contributed by atoms with van der Waals surface area (Å²) in [6.07, 6.45) is 4.72. The van der Waals surface area contributed by atoms with Gasteiger partial charge in [0.05, 0.1) is 23.5 Å². The molecule has 4 heterocycles. The minimum absolute atomic E-state index is 0.00276. The number of carbonyl (C=O) groups excluding carboxylic acids is 1. The zero-order valence-electron chi connectivity index (χ0n) is 16.1. The van der Waals surface area contributed by atoms with E-state index in [-0.39, 0.29) is 23.9 Å². The number of rotatable bonds is 4. The lowest BCUT2D eigenvalue weighted by Crippen LogP contribution is -2.41. The number of benzene rings is 1. The van der Waals surface area contributed by atoms with Crippen LogP contribution in [0.3, 0.4) is 0 Å². The molecule has 0 bridgehead atoms. The first-order valence-corrected chi connectivity index (χ1v) is 10.6. The van der Waals surface area contributed by atoms with Gasteiger partial charge in [-0.3, -0.25) is 14.2 Å². The molecule has 1 amide bonds. The number of hydrogen-bond acceptors (Lipinski definition) is 7. The van der Waals surface area contributed by atoms with Crippen molar-refractivity contribution in [1.29, 1.82) is 0 Å². The van der Waals surface area contributed by atoms with E-state index in [0.29, 0.717) is 24.0 Å². The summed E-state index contributed by atoms with van der Waals surface area (Å²) in [5, 5.41) is 10.8. The van der Waals surface area contributed by atoms with E-state index in [2.05, 4.69) is 15.2 Å². The van der Waals surface area contributed by atoms with Crippen LogP contribution >= 0.6 is 11.3 Å². The third-order valence-corrected chi connectivity index (χ3v) is 6.51. The Bertz CT molecular complexity index is 1240. The molecule has 1 fully saturated rings. The van der Waals surface area contributed by atoms with Crippen molar-refractivity contribution in [3.63, 3.8) is 0 Å². The molecule has 1 saturated heterocycles. The minimum atomic E-state index is -0.192. The first-order valence-electron chi connectivity index (χ1n) is 9.78. The predicted molar refractivity (Wildman–Crippen MR) is 112 cm³/mol. The van der Waals surface area contributed by atoms with Gasteiger partial charge in [-0.15, -0.1) is 10.2 Å². The fourth-order valence-corrected chi connectivity index (χ4v) is 4.72. The summed E-state index contributed by atoms with van der Waals surface area (Å²) in [5.41, 5.74) is 0.445. The molecule has 1 aliphatic rings. The highest BCUT2D eigenvalue weighted by Crippen LogP contribution is 2.33. The Morgan fingerprint density at radius 1 is 1.13 bits per heavy atom. The number of nitrogens with zero attached hydrogens (tertiary/aromatic N) is 5. The van der Waals surface area contributed by atoms with Crippen LogP contribution in [0.15, 0.2) is 58.2 Å². The highest BCUT2D eigenvalue weighted by Gasteiger charge is 2.27. The Morgan fingerprint density at radius 3 is 2.77 bits per heavy atom. The number of furan rings is 1. The first kappa shape index (κ1) is 18.7. The van der Waals surface area contributed by atoms with Crippen LogP contribution in [0, 0.1) is 0 Å². The molecule has 152 valence electrons. The molecule has 0 N–H and O–H groups in total. The van der Waals surface area contributed by atoms with Crippen LogP contribution in [0.1, 0.15) is 23.8 Å². The van der Waals surface area contributed by atoms with Gasteiger partial charge in [-0.25, -0.2) is 4.98 Å². The molecule has 0 unspecified atom stereocenters. The van der Waals surface area contributed by atoms with Crippen molar-refractivity contribution in [2.75, 3.05) is 13.1 Å². The average molecular weight is 421 g/mol. The summed E-state index contributed by atoms with van der Waals surface area (Å²) in [6, 6.07) is 10.9. The number of fused-ring (bicyclic) bond motifs is 1. The van der Waals surface area contributed by atoms with Gasteiger partial charge in [0.2, 0.25) is 5.91 Å². The monoisotopic (exact) mass is 421 g/mol. The summed E-state index contributed by atoms with van der Waals surface area (Å²) in [6.45, 7) is 1.27. The molecule has 0 atom stereocenters. The predicted octanol–water partition coefficient (Wildman–Crippen LogP) is 2.91. The smallest absolute Gasteiger partial charge is 0.261 e.